The van der Waals surface area contributed by atoms with Gasteiger partial charge in [0.15, 0.2) is 0 Å². The van der Waals surface area contributed by atoms with E-state index in [0.29, 0.717) is 0 Å². The van der Waals surface area contributed by atoms with Crippen LogP contribution in [0.15, 0.2) is 54.7 Å². The number of nitrogens with one attached hydrogen (secondary N) is 1. The summed E-state index contributed by atoms with van der Waals surface area (Å²) in [6.07, 6.45) is -1.33. The summed E-state index contributed by atoms with van der Waals surface area (Å²) in [5, 5.41) is 23.6. The molecular weight excluding hydrogens is 525 g/mol. The maximum absolute atomic E-state index is 14.8. The Labute approximate surface area is 230 Å². The predicted octanol–water partition coefficient (Wildman–Crippen LogP) is 3.80. The van der Waals surface area contributed by atoms with E-state index < -0.39 is 53.2 Å². The summed E-state index contributed by atoms with van der Waals surface area (Å²) in [5.41, 5.74) is -1.00. The molecule has 0 unspecified atom stereocenters. The molecule has 0 radical (unpaired) electrons. The van der Waals surface area contributed by atoms with Crippen molar-refractivity contribution in [1.82, 2.24) is 19.8 Å². The summed E-state index contributed by atoms with van der Waals surface area (Å²) >= 11 is 0. The van der Waals surface area contributed by atoms with Crippen molar-refractivity contribution in [3.05, 3.63) is 77.8 Å². The first-order valence-corrected chi connectivity index (χ1v) is 13.0. The number of rotatable bonds is 10. The van der Waals surface area contributed by atoms with E-state index in [1.807, 2.05) is 30.3 Å². The molecule has 3 N–H and O–H groups in total. The molecule has 1 aliphatic heterocycles. The average Bonchev–Trinajstić information content (AvgIpc) is 3.50. The summed E-state index contributed by atoms with van der Waals surface area (Å²) in [4.78, 5) is 31.9. The number of nitrogens with zero attached hydrogens (tertiary/aromatic N) is 3. The van der Waals surface area contributed by atoms with E-state index in [9.17, 15) is 33.0 Å². The molecule has 1 aliphatic rings. The third-order valence-corrected chi connectivity index (χ3v) is 7.33. The number of alkyl halides is 1. The quantitative estimate of drug-likeness (QED) is 0.350. The van der Waals surface area contributed by atoms with Crippen LogP contribution in [-0.2, 0) is 16.1 Å². The van der Waals surface area contributed by atoms with E-state index in [4.69, 9.17) is 0 Å². The maximum atomic E-state index is 14.8. The average molecular weight is 559 g/mol. The normalized spacial score (nSPS) is 18.9. The highest BCUT2D eigenvalue weighted by Crippen LogP contribution is 2.41. The van der Waals surface area contributed by atoms with E-state index >= 15 is 0 Å². The van der Waals surface area contributed by atoms with Crippen LogP contribution in [0.1, 0.15) is 38.2 Å². The molecular formula is C29H33F3N4O4. The second kappa shape index (κ2) is 11.8. The summed E-state index contributed by atoms with van der Waals surface area (Å²) in [5.74, 6) is -4.08. The number of carbonyl (C=O) groups is 2. The minimum atomic E-state index is -1.69. The van der Waals surface area contributed by atoms with Gasteiger partial charge < -0.3 is 25.0 Å². The maximum Gasteiger partial charge on any atom is 0.311 e. The second-order valence-electron chi connectivity index (χ2n) is 10.8. The first-order chi connectivity index (χ1) is 18.9. The van der Waals surface area contributed by atoms with Gasteiger partial charge in [-0.2, -0.15) is 0 Å². The zero-order chi connectivity index (χ0) is 29.2. The summed E-state index contributed by atoms with van der Waals surface area (Å²) < 4.78 is 45.3. The van der Waals surface area contributed by atoms with Crippen LogP contribution >= 0.6 is 0 Å². The number of aromatic nitrogens is 2. The van der Waals surface area contributed by atoms with E-state index in [1.165, 1.54) is 31.9 Å². The third-order valence-electron chi connectivity index (χ3n) is 7.33. The molecule has 1 aromatic heterocycles. The molecule has 0 bridgehead atoms. The van der Waals surface area contributed by atoms with Gasteiger partial charge >= 0.3 is 5.97 Å². The number of halogens is 3. The van der Waals surface area contributed by atoms with Crippen LogP contribution in [0.3, 0.4) is 0 Å². The minimum Gasteiger partial charge on any atom is -0.481 e. The zero-order valence-corrected chi connectivity index (χ0v) is 22.5. The van der Waals surface area contributed by atoms with Gasteiger partial charge in [0.25, 0.3) is 5.91 Å². The molecule has 1 amide bonds. The van der Waals surface area contributed by atoms with Gasteiger partial charge in [0.1, 0.15) is 35.8 Å². The van der Waals surface area contributed by atoms with E-state index in [1.54, 1.807) is 4.57 Å². The molecule has 2 heterocycles. The molecule has 3 aromatic rings. The van der Waals surface area contributed by atoms with Gasteiger partial charge in [-0.1, -0.05) is 30.3 Å². The number of hydrogen-bond donors (Lipinski definition) is 3. The van der Waals surface area contributed by atoms with Crippen LogP contribution in [0.5, 0.6) is 0 Å². The van der Waals surface area contributed by atoms with Crippen molar-refractivity contribution in [2.75, 3.05) is 19.6 Å². The van der Waals surface area contributed by atoms with Crippen LogP contribution in [-0.4, -0.2) is 68.5 Å². The molecule has 0 spiro atoms. The van der Waals surface area contributed by atoms with E-state index in [0.717, 1.165) is 23.8 Å². The third kappa shape index (κ3) is 6.05. The molecule has 2 aromatic carbocycles. The van der Waals surface area contributed by atoms with Crippen LogP contribution in [0, 0.1) is 23.0 Å². The second-order valence-corrected chi connectivity index (χ2v) is 10.8. The predicted molar refractivity (Wildman–Crippen MR) is 142 cm³/mol. The Balaban J connectivity index is 1.94. The van der Waals surface area contributed by atoms with Crippen LogP contribution in [0.2, 0.25) is 0 Å². The fourth-order valence-corrected chi connectivity index (χ4v) is 5.04. The number of amides is 1. The molecule has 4 atom stereocenters. The Kier molecular flexibility index (Phi) is 8.65. The Morgan fingerprint density at radius 2 is 1.88 bits per heavy atom. The summed E-state index contributed by atoms with van der Waals surface area (Å²) in [6.45, 7) is 4.38. The molecule has 214 valence electrons. The minimum absolute atomic E-state index is 0.0319. The fraction of sp³-hybridized carbons (Fsp3) is 0.414. The summed E-state index contributed by atoms with van der Waals surface area (Å²) in [6, 6.07) is 10.7. The topological polar surface area (TPSA) is 108 Å². The Hall–Kier alpha value is -3.70. The lowest BCUT2D eigenvalue weighted by Crippen LogP contribution is -2.51. The van der Waals surface area contributed by atoms with E-state index in [-0.39, 0.29) is 43.3 Å². The molecule has 40 heavy (non-hydrogen) atoms. The zero-order valence-electron chi connectivity index (χ0n) is 22.5. The van der Waals surface area contributed by atoms with Crippen molar-refractivity contribution < 1.29 is 33.0 Å². The number of carboxylic acids is 1. The molecule has 0 saturated carbocycles. The lowest BCUT2D eigenvalue weighted by atomic mass is 9.81. The molecule has 0 aliphatic carbocycles. The first-order valence-electron chi connectivity index (χ1n) is 13.0. The molecule has 4 rings (SSSR count). The fourth-order valence-electron chi connectivity index (χ4n) is 5.04. The lowest BCUT2D eigenvalue weighted by Gasteiger charge is -2.41. The Morgan fingerprint density at radius 3 is 2.48 bits per heavy atom. The number of benzene rings is 2. The summed E-state index contributed by atoms with van der Waals surface area (Å²) in [7, 11) is 0. The Bertz CT molecular complexity index is 1360. The molecule has 1 fully saturated rings. The number of aliphatic hydroxyl groups is 1. The van der Waals surface area contributed by atoms with Crippen molar-refractivity contribution >= 4 is 11.9 Å². The molecule has 1 saturated heterocycles. The van der Waals surface area contributed by atoms with Gasteiger partial charge in [0.2, 0.25) is 0 Å². The molecule has 11 heteroatoms. The van der Waals surface area contributed by atoms with Crippen molar-refractivity contribution in [1.29, 1.82) is 0 Å². The van der Waals surface area contributed by atoms with Crippen LogP contribution < -0.4 is 5.32 Å². The van der Waals surface area contributed by atoms with Crippen LogP contribution in [0.25, 0.3) is 11.3 Å². The van der Waals surface area contributed by atoms with Gasteiger partial charge in [-0.15, -0.1) is 0 Å². The highest BCUT2D eigenvalue weighted by Gasteiger charge is 2.48. The van der Waals surface area contributed by atoms with Gasteiger partial charge in [0.05, 0.1) is 11.1 Å². The van der Waals surface area contributed by atoms with Crippen LogP contribution in [0.4, 0.5) is 13.2 Å². The number of aliphatic hydroxyl groups excluding tert-OH is 1. The van der Waals surface area contributed by atoms with Gasteiger partial charge in [0, 0.05) is 43.9 Å². The van der Waals surface area contributed by atoms with Gasteiger partial charge in [-0.25, -0.2) is 18.2 Å². The standard InChI is InChI=1S/C29H33F3N4O4/c1-17(37)27(38)36(15-19-12-33-13-23(19)32)25(29(2,3)28(39)40)26-34-24(21-11-20(30)9-10-22(21)31)16-35(26)14-18-7-5-4-6-8-18/h4-11,16-17,19,23,25,33,37H,12-15H2,1-3H3,(H,39,40)/t17-,19-,23-,25-/m0/s1. The lowest BCUT2D eigenvalue weighted by molar-refractivity contribution is -0.158. The smallest absolute Gasteiger partial charge is 0.311 e. The highest BCUT2D eigenvalue weighted by molar-refractivity contribution is 5.83. The van der Waals surface area contributed by atoms with Crippen molar-refractivity contribution in [3.63, 3.8) is 0 Å². The SMILES string of the molecule is C[C@H](O)C(=O)N(C[C@@H]1CNC[C@@H]1F)[C@@H](c1nc(-c2cc(F)ccc2F)cn1Cc1ccccc1)C(C)(C)C(=O)O. The number of imidazole rings is 1. The van der Waals surface area contributed by atoms with Crippen molar-refractivity contribution in [2.24, 2.45) is 11.3 Å². The van der Waals surface area contributed by atoms with E-state index in [2.05, 4.69) is 10.3 Å². The van der Waals surface area contributed by atoms with Gasteiger partial charge in [-0.3, -0.25) is 9.59 Å². The Morgan fingerprint density at radius 1 is 1.18 bits per heavy atom. The number of carbonyl (C=O) groups excluding carboxylic acids is 1. The molecule has 8 nitrogen and oxygen atoms in total. The monoisotopic (exact) mass is 558 g/mol. The van der Waals surface area contributed by atoms with Crippen molar-refractivity contribution in [2.45, 2.75) is 45.6 Å². The van der Waals surface area contributed by atoms with Crippen molar-refractivity contribution in [3.8, 4) is 11.3 Å². The highest BCUT2D eigenvalue weighted by atomic mass is 19.1. The van der Waals surface area contributed by atoms with Gasteiger partial charge in [-0.05, 0) is 44.5 Å². The number of hydrogen-bond acceptors (Lipinski definition) is 5. The number of aliphatic carboxylic acids is 1. The first kappa shape index (κ1) is 29.3. The number of carboxylic acid groups (broad SMARTS) is 1. The largest absolute Gasteiger partial charge is 0.481 e.